The zero-order valence-electron chi connectivity index (χ0n) is 14.0. The minimum Gasteiger partial charge on any atom is -0.332 e. The third-order valence-electron chi connectivity index (χ3n) is 3.66. The molecule has 0 heterocycles. The Hall–Kier alpha value is -2.64. The summed E-state index contributed by atoms with van der Waals surface area (Å²) in [6.07, 6.45) is 0. The van der Waals surface area contributed by atoms with Crippen molar-refractivity contribution in [2.75, 3.05) is 18.9 Å². The summed E-state index contributed by atoms with van der Waals surface area (Å²) < 4.78 is 0. The van der Waals surface area contributed by atoms with E-state index >= 15 is 0 Å². The third-order valence-corrected chi connectivity index (χ3v) is 4.40. The second kappa shape index (κ2) is 8.16. The Balaban J connectivity index is 2.09. The van der Waals surface area contributed by atoms with Gasteiger partial charge in [0.2, 0.25) is 5.91 Å². The number of anilines is 1. The van der Waals surface area contributed by atoms with Gasteiger partial charge in [-0.3, -0.25) is 19.7 Å². The second-order valence-electron chi connectivity index (χ2n) is 5.55. The normalized spacial score (nSPS) is 10.3. The smallest absolute Gasteiger partial charge is 0.273 e. The van der Waals surface area contributed by atoms with Crippen molar-refractivity contribution in [3.8, 4) is 0 Å². The fourth-order valence-electron chi connectivity index (χ4n) is 2.32. The summed E-state index contributed by atoms with van der Waals surface area (Å²) in [6, 6.07) is 8.86. The van der Waals surface area contributed by atoms with Gasteiger partial charge in [-0.25, -0.2) is 0 Å². The van der Waals surface area contributed by atoms with Gasteiger partial charge in [0.05, 0.1) is 21.5 Å². The Bertz CT molecular complexity index is 886. The molecule has 0 aliphatic heterocycles. The fraction of sp³-hybridized carbons (Fsp3) is 0.176. The molecule has 2 aromatic rings. The highest BCUT2D eigenvalue weighted by molar-refractivity contribution is 6.42. The summed E-state index contributed by atoms with van der Waals surface area (Å²) in [5.41, 5.74) is 0.713. The van der Waals surface area contributed by atoms with E-state index in [9.17, 15) is 19.7 Å². The number of nitro groups is 1. The van der Waals surface area contributed by atoms with Crippen molar-refractivity contribution in [1.29, 1.82) is 0 Å². The van der Waals surface area contributed by atoms with Gasteiger partial charge in [-0.15, -0.1) is 0 Å². The van der Waals surface area contributed by atoms with E-state index in [1.807, 2.05) is 0 Å². The number of nitrogens with zero attached hydrogens (tertiary/aromatic N) is 2. The van der Waals surface area contributed by atoms with Gasteiger partial charge in [0.1, 0.15) is 0 Å². The van der Waals surface area contributed by atoms with Crippen molar-refractivity contribution < 1.29 is 14.5 Å². The molecule has 136 valence electrons. The molecule has 7 nitrogen and oxygen atoms in total. The number of amides is 2. The number of halogens is 2. The van der Waals surface area contributed by atoms with E-state index in [1.54, 1.807) is 12.1 Å². The largest absolute Gasteiger partial charge is 0.332 e. The highest BCUT2D eigenvalue weighted by Crippen LogP contribution is 2.25. The van der Waals surface area contributed by atoms with Gasteiger partial charge < -0.3 is 10.2 Å². The molecule has 0 radical (unpaired) electrons. The first-order valence-electron chi connectivity index (χ1n) is 7.45. The Labute approximate surface area is 159 Å². The number of hydrogen-bond acceptors (Lipinski definition) is 4. The molecule has 0 spiro atoms. The number of rotatable bonds is 5. The molecule has 2 rings (SSSR count). The standard InChI is InChI=1S/C17H15Cl2N3O4/c1-10-12(4-3-5-15(10)22(25)26)17(24)21(2)9-16(23)20-11-6-7-13(18)14(19)8-11/h3-8H,9H2,1-2H3,(H,20,23). The van der Waals surface area contributed by atoms with Crippen molar-refractivity contribution in [3.05, 3.63) is 67.7 Å². The highest BCUT2D eigenvalue weighted by atomic mass is 35.5. The maximum absolute atomic E-state index is 12.5. The molecule has 2 amide bonds. The Kier molecular flexibility index (Phi) is 6.18. The monoisotopic (exact) mass is 395 g/mol. The van der Waals surface area contributed by atoms with Crippen LogP contribution in [0.5, 0.6) is 0 Å². The first-order chi connectivity index (χ1) is 12.2. The van der Waals surface area contributed by atoms with Crippen LogP contribution in [0.2, 0.25) is 10.0 Å². The Morgan fingerprint density at radius 1 is 1.19 bits per heavy atom. The molecule has 0 bridgehead atoms. The molecule has 0 fully saturated rings. The van der Waals surface area contributed by atoms with Crippen molar-refractivity contribution in [3.63, 3.8) is 0 Å². The molecule has 0 aliphatic carbocycles. The van der Waals surface area contributed by atoms with E-state index in [-0.39, 0.29) is 23.4 Å². The lowest BCUT2D eigenvalue weighted by Gasteiger charge is -2.18. The van der Waals surface area contributed by atoms with Crippen molar-refractivity contribution in [1.82, 2.24) is 4.90 Å². The van der Waals surface area contributed by atoms with E-state index < -0.39 is 16.7 Å². The minimum absolute atomic E-state index is 0.149. The molecule has 2 aromatic carbocycles. The Morgan fingerprint density at radius 2 is 1.88 bits per heavy atom. The van der Waals surface area contributed by atoms with Crippen LogP contribution in [0.3, 0.4) is 0 Å². The summed E-state index contributed by atoms with van der Waals surface area (Å²) >= 11 is 11.7. The maximum Gasteiger partial charge on any atom is 0.273 e. The average molecular weight is 396 g/mol. The zero-order valence-corrected chi connectivity index (χ0v) is 15.5. The molecule has 0 saturated carbocycles. The molecular weight excluding hydrogens is 381 g/mol. The molecular formula is C17H15Cl2N3O4. The average Bonchev–Trinajstić information content (AvgIpc) is 2.57. The Morgan fingerprint density at radius 3 is 2.50 bits per heavy atom. The van der Waals surface area contributed by atoms with Crippen molar-refractivity contribution >= 4 is 46.4 Å². The predicted octanol–water partition coefficient (Wildman–Crippen LogP) is 3.92. The van der Waals surface area contributed by atoms with Crippen LogP contribution in [0, 0.1) is 17.0 Å². The lowest BCUT2D eigenvalue weighted by atomic mass is 10.1. The molecule has 26 heavy (non-hydrogen) atoms. The van der Waals surface area contributed by atoms with Crippen LogP contribution in [0.15, 0.2) is 36.4 Å². The number of hydrogen-bond donors (Lipinski definition) is 1. The minimum atomic E-state index is -0.552. The van der Waals surface area contributed by atoms with Crippen LogP contribution in [-0.4, -0.2) is 35.2 Å². The molecule has 0 atom stereocenters. The number of likely N-dealkylation sites (N-methyl/N-ethyl adjacent to an activating group) is 1. The van der Waals surface area contributed by atoms with Gasteiger partial charge in [-0.1, -0.05) is 29.3 Å². The summed E-state index contributed by atoms with van der Waals surface area (Å²) in [6.45, 7) is 1.26. The summed E-state index contributed by atoms with van der Waals surface area (Å²) in [5.74, 6) is -0.933. The van der Waals surface area contributed by atoms with Crippen LogP contribution in [0.25, 0.3) is 0 Å². The lowest BCUT2D eigenvalue weighted by Crippen LogP contribution is -2.35. The van der Waals surface area contributed by atoms with E-state index in [4.69, 9.17) is 23.2 Å². The molecule has 0 aliphatic rings. The second-order valence-corrected chi connectivity index (χ2v) is 6.36. The first-order valence-corrected chi connectivity index (χ1v) is 8.20. The number of nitrogens with one attached hydrogen (secondary N) is 1. The number of carbonyl (C=O) groups excluding carboxylic acids is 2. The predicted molar refractivity (Wildman–Crippen MR) is 99.9 cm³/mol. The number of nitro benzene ring substituents is 1. The SMILES string of the molecule is Cc1c(C(=O)N(C)CC(=O)Nc2ccc(Cl)c(Cl)c2)cccc1[N+](=O)[O-]. The molecule has 1 N–H and O–H groups in total. The van der Waals surface area contributed by atoms with Crippen LogP contribution >= 0.6 is 23.2 Å². The van der Waals surface area contributed by atoms with E-state index in [1.165, 1.54) is 43.1 Å². The molecule has 9 heteroatoms. The van der Waals surface area contributed by atoms with Crippen LogP contribution in [0.1, 0.15) is 15.9 Å². The van der Waals surface area contributed by atoms with Gasteiger partial charge in [0, 0.05) is 29.9 Å². The fourth-order valence-corrected chi connectivity index (χ4v) is 2.62. The van der Waals surface area contributed by atoms with E-state index in [0.29, 0.717) is 15.7 Å². The van der Waals surface area contributed by atoms with Gasteiger partial charge in [0.25, 0.3) is 11.6 Å². The van der Waals surface area contributed by atoms with Gasteiger partial charge in [-0.05, 0) is 31.2 Å². The van der Waals surface area contributed by atoms with Crippen LogP contribution in [-0.2, 0) is 4.79 Å². The zero-order chi connectivity index (χ0) is 19.4. The highest BCUT2D eigenvalue weighted by Gasteiger charge is 2.21. The molecule has 0 aromatic heterocycles. The number of benzene rings is 2. The van der Waals surface area contributed by atoms with Crippen molar-refractivity contribution in [2.24, 2.45) is 0 Å². The number of carbonyl (C=O) groups is 2. The third kappa shape index (κ3) is 4.50. The lowest BCUT2D eigenvalue weighted by molar-refractivity contribution is -0.385. The molecule has 0 unspecified atom stereocenters. The molecule has 0 saturated heterocycles. The quantitative estimate of drug-likeness (QED) is 0.613. The van der Waals surface area contributed by atoms with E-state index in [2.05, 4.69) is 5.32 Å². The van der Waals surface area contributed by atoms with Crippen molar-refractivity contribution in [2.45, 2.75) is 6.92 Å². The van der Waals surface area contributed by atoms with Gasteiger partial charge >= 0.3 is 0 Å². The van der Waals surface area contributed by atoms with Gasteiger partial charge in [0.15, 0.2) is 0 Å². The summed E-state index contributed by atoms with van der Waals surface area (Å²) in [7, 11) is 1.44. The van der Waals surface area contributed by atoms with Crippen LogP contribution < -0.4 is 5.32 Å². The topological polar surface area (TPSA) is 92.6 Å². The van der Waals surface area contributed by atoms with Crippen LogP contribution in [0.4, 0.5) is 11.4 Å². The first kappa shape index (κ1) is 19.7. The van der Waals surface area contributed by atoms with E-state index in [0.717, 1.165) is 0 Å². The van der Waals surface area contributed by atoms with Gasteiger partial charge in [-0.2, -0.15) is 0 Å². The maximum atomic E-state index is 12.5. The summed E-state index contributed by atoms with van der Waals surface area (Å²) in [5, 5.41) is 14.3. The summed E-state index contributed by atoms with van der Waals surface area (Å²) in [4.78, 5) is 36.3.